The molecule has 0 saturated carbocycles. The SMILES string of the molecule is CC(C)C(C)N(C)S(=O)(=O)c1cnccc1Cl. The predicted octanol–water partition coefficient (Wildman–Crippen LogP) is 2.40. The molecule has 0 aromatic carbocycles. The number of sulfonamides is 1. The zero-order valence-electron chi connectivity index (χ0n) is 10.4. The second kappa shape index (κ2) is 5.33. The highest BCUT2D eigenvalue weighted by Gasteiger charge is 2.28. The van der Waals surface area contributed by atoms with Crippen LogP contribution in [0, 0.1) is 5.92 Å². The Morgan fingerprint density at radius 3 is 2.41 bits per heavy atom. The summed E-state index contributed by atoms with van der Waals surface area (Å²) in [5, 5.41) is 0.197. The number of aromatic nitrogens is 1. The maximum atomic E-state index is 12.3. The van der Waals surface area contributed by atoms with E-state index in [-0.39, 0.29) is 21.9 Å². The van der Waals surface area contributed by atoms with Crippen LogP contribution in [0.2, 0.25) is 5.02 Å². The first-order valence-corrected chi connectivity index (χ1v) is 7.17. The van der Waals surface area contributed by atoms with Gasteiger partial charge in [0, 0.05) is 25.5 Å². The smallest absolute Gasteiger partial charge is 0.246 e. The molecule has 0 N–H and O–H groups in total. The Balaban J connectivity index is 3.17. The fraction of sp³-hybridized carbons (Fsp3) is 0.545. The summed E-state index contributed by atoms with van der Waals surface area (Å²) in [6.45, 7) is 5.82. The van der Waals surface area contributed by atoms with Gasteiger partial charge in [-0.25, -0.2) is 8.42 Å². The minimum Gasteiger partial charge on any atom is -0.263 e. The predicted molar refractivity (Wildman–Crippen MR) is 68.5 cm³/mol. The molecule has 0 aliphatic heterocycles. The lowest BCUT2D eigenvalue weighted by molar-refractivity contribution is 0.315. The molecular formula is C11H17ClN2O2S. The van der Waals surface area contributed by atoms with Crippen LogP contribution in [-0.2, 0) is 10.0 Å². The van der Waals surface area contributed by atoms with Gasteiger partial charge in [-0.05, 0) is 18.9 Å². The van der Waals surface area contributed by atoms with Gasteiger partial charge >= 0.3 is 0 Å². The number of rotatable bonds is 4. The van der Waals surface area contributed by atoms with Crippen LogP contribution >= 0.6 is 11.6 Å². The first-order chi connectivity index (χ1) is 7.78. The van der Waals surface area contributed by atoms with E-state index in [4.69, 9.17) is 11.6 Å². The van der Waals surface area contributed by atoms with Crippen molar-refractivity contribution in [2.45, 2.75) is 31.7 Å². The molecule has 6 heteroatoms. The molecule has 1 rings (SSSR count). The van der Waals surface area contributed by atoms with Crippen LogP contribution in [-0.4, -0.2) is 30.8 Å². The van der Waals surface area contributed by atoms with Crippen LogP contribution < -0.4 is 0 Å². The van der Waals surface area contributed by atoms with Gasteiger partial charge in [-0.3, -0.25) is 4.98 Å². The first kappa shape index (κ1) is 14.4. The summed E-state index contributed by atoms with van der Waals surface area (Å²) in [5.74, 6) is 0.227. The topological polar surface area (TPSA) is 50.3 Å². The number of nitrogens with zero attached hydrogens (tertiary/aromatic N) is 2. The van der Waals surface area contributed by atoms with Crippen molar-refractivity contribution in [2.24, 2.45) is 5.92 Å². The summed E-state index contributed by atoms with van der Waals surface area (Å²) < 4.78 is 25.9. The van der Waals surface area contributed by atoms with E-state index in [0.717, 1.165) is 0 Å². The number of halogens is 1. The third-order valence-corrected chi connectivity index (χ3v) is 5.34. The van der Waals surface area contributed by atoms with E-state index in [1.165, 1.54) is 22.8 Å². The number of hydrogen-bond acceptors (Lipinski definition) is 3. The maximum Gasteiger partial charge on any atom is 0.246 e. The van der Waals surface area contributed by atoms with E-state index in [0.29, 0.717) is 0 Å². The van der Waals surface area contributed by atoms with Gasteiger partial charge in [-0.1, -0.05) is 25.4 Å². The zero-order valence-corrected chi connectivity index (χ0v) is 12.0. The molecule has 0 radical (unpaired) electrons. The molecule has 0 bridgehead atoms. The molecule has 4 nitrogen and oxygen atoms in total. The lowest BCUT2D eigenvalue weighted by atomic mass is 10.1. The van der Waals surface area contributed by atoms with Gasteiger partial charge < -0.3 is 0 Å². The minimum atomic E-state index is -3.58. The molecule has 1 unspecified atom stereocenters. The zero-order chi connectivity index (χ0) is 13.2. The third-order valence-electron chi connectivity index (χ3n) is 2.93. The Morgan fingerprint density at radius 2 is 1.94 bits per heavy atom. The monoisotopic (exact) mass is 276 g/mol. The van der Waals surface area contributed by atoms with Crippen LogP contribution in [0.4, 0.5) is 0 Å². The highest BCUT2D eigenvalue weighted by Crippen LogP contribution is 2.25. The van der Waals surface area contributed by atoms with Crippen LogP contribution in [0.5, 0.6) is 0 Å². The Hall–Kier alpha value is -0.650. The average molecular weight is 277 g/mol. The summed E-state index contributed by atoms with van der Waals surface area (Å²) in [7, 11) is -2.02. The highest BCUT2D eigenvalue weighted by atomic mass is 35.5. The molecule has 17 heavy (non-hydrogen) atoms. The standard InChI is InChI=1S/C11H17ClN2O2S/c1-8(2)9(3)14(4)17(15,16)11-7-13-6-5-10(11)12/h5-9H,1-4H3. The largest absolute Gasteiger partial charge is 0.263 e. The van der Waals surface area contributed by atoms with E-state index >= 15 is 0 Å². The molecule has 0 fully saturated rings. The fourth-order valence-electron chi connectivity index (χ4n) is 1.35. The molecule has 1 atom stereocenters. The van der Waals surface area contributed by atoms with E-state index in [1.807, 2.05) is 20.8 Å². The normalized spacial score (nSPS) is 14.3. The molecular weight excluding hydrogens is 260 g/mol. The van der Waals surface area contributed by atoms with Crippen molar-refractivity contribution in [1.82, 2.24) is 9.29 Å². The van der Waals surface area contributed by atoms with Crippen LogP contribution in [0.25, 0.3) is 0 Å². The second-order valence-electron chi connectivity index (χ2n) is 4.31. The van der Waals surface area contributed by atoms with E-state index in [2.05, 4.69) is 4.98 Å². The fourth-order valence-corrected chi connectivity index (χ4v) is 3.24. The average Bonchev–Trinajstić information content (AvgIpc) is 2.27. The second-order valence-corrected chi connectivity index (χ2v) is 6.69. The van der Waals surface area contributed by atoms with E-state index in [1.54, 1.807) is 7.05 Å². The Labute approximate surface area is 108 Å². The quantitative estimate of drug-likeness (QED) is 0.848. The minimum absolute atomic E-state index is 0.0525. The van der Waals surface area contributed by atoms with Gasteiger partial charge in [0.2, 0.25) is 10.0 Å². The van der Waals surface area contributed by atoms with Crippen molar-refractivity contribution < 1.29 is 8.42 Å². The summed E-state index contributed by atoms with van der Waals surface area (Å²) >= 11 is 5.89. The Morgan fingerprint density at radius 1 is 1.35 bits per heavy atom. The first-order valence-electron chi connectivity index (χ1n) is 5.36. The van der Waals surface area contributed by atoms with Crippen molar-refractivity contribution in [1.29, 1.82) is 0 Å². The van der Waals surface area contributed by atoms with Crippen LogP contribution in [0.1, 0.15) is 20.8 Å². The summed E-state index contributed by atoms with van der Waals surface area (Å²) in [6.07, 6.45) is 2.74. The van der Waals surface area contributed by atoms with Crippen molar-refractivity contribution in [2.75, 3.05) is 7.05 Å². The molecule has 0 aliphatic carbocycles. The van der Waals surface area contributed by atoms with Crippen molar-refractivity contribution in [3.63, 3.8) is 0 Å². The van der Waals surface area contributed by atoms with Crippen LogP contribution in [0.15, 0.2) is 23.4 Å². The van der Waals surface area contributed by atoms with E-state index in [9.17, 15) is 8.42 Å². The van der Waals surface area contributed by atoms with Gasteiger partial charge in [0.05, 0.1) is 5.02 Å². The molecule has 96 valence electrons. The lowest BCUT2D eigenvalue weighted by Crippen LogP contribution is -2.38. The van der Waals surface area contributed by atoms with Gasteiger partial charge in [-0.2, -0.15) is 4.31 Å². The summed E-state index contributed by atoms with van der Waals surface area (Å²) in [4.78, 5) is 3.86. The van der Waals surface area contributed by atoms with Crippen molar-refractivity contribution in [3.05, 3.63) is 23.5 Å². The molecule has 1 aromatic rings. The Bertz CT molecular complexity index is 488. The van der Waals surface area contributed by atoms with Gasteiger partial charge in [0.25, 0.3) is 0 Å². The van der Waals surface area contributed by atoms with Gasteiger partial charge in [0.1, 0.15) is 4.90 Å². The highest BCUT2D eigenvalue weighted by molar-refractivity contribution is 7.89. The molecule has 0 amide bonds. The number of hydrogen-bond donors (Lipinski definition) is 0. The molecule has 1 aromatic heterocycles. The molecule has 0 spiro atoms. The van der Waals surface area contributed by atoms with Crippen molar-refractivity contribution in [3.8, 4) is 0 Å². The Kier molecular flexibility index (Phi) is 4.52. The third kappa shape index (κ3) is 2.97. The molecule has 0 saturated heterocycles. The summed E-state index contributed by atoms with van der Waals surface area (Å²) in [6, 6.07) is 1.37. The van der Waals surface area contributed by atoms with E-state index < -0.39 is 10.0 Å². The summed E-state index contributed by atoms with van der Waals surface area (Å²) in [5.41, 5.74) is 0. The van der Waals surface area contributed by atoms with Crippen molar-refractivity contribution >= 4 is 21.6 Å². The number of pyridine rings is 1. The van der Waals surface area contributed by atoms with Gasteiger partial charge in [-0.15, -0.1) is 0 Å². The molecule has 1 heterocycles. The van der Waals surface area contributed by atoms with Crippen LogP contribution in [0.3, 0.4) is 0 Å². The lowest BCUT2D eigenvalue weighted by Gasteiger charge is -2.27. The maximum absolute atomic E-state index is 12.3. The molecule has 0 aliphatic rings. The van der Waals surface area contributed by atoms with Gasteiger partial charge in [0.15, 0.2) is 0 Å².